The van der Waals surface area contributed by atoms with E-state index in [9.17, 15) is 0 Å². The van der Waals surface area contributed by atoms with Crippen LogP contribution in [0.3, 0.4) is 0 Å². The lowest BCUT2D eigenvalue weighted by atomic mass is 10.0. The predicted octanol–water partition coefficient (Wildman–Crippen LogP) is 2.92. The molecule has 0 aliphatic rings. The minimum atomic E-state index is 0.334. The molecule has 0 fully saturated rings. The summed E-state index contributed by atoms with van der Waals surface area (Å²) in [4.78, 5) is 13.2. The summed E-state index contributed by atoms with van der Waals surface area (Å²) in [6.45, 7) is 8.12. The van der Waals surface area contributed by atoms with Crippen molar-refractivity contribution in [2.75, 3.05) is 5.73 Å². The van der Waals surface area contributed by atoms with Gasteiger partial charge in [0.2, 0.25) is 0 Å². The maximum atomic E-state index is 5.99. The summed E-state index contributed by atoms with van der Waals surface area (Å²) >= 11 is 1.59. The van der Waals surface area contributed by atoms with Crippen LogP contribution in [-0.4, -0.2) is 15.0 Å². The highest BCUT2D eigenvalue weighted by Gasteiger charge is 2.14. The third kappa shape index (κ3) is 2.29. The van der Waals surface area contributed by atoms with E-state index in [1.165, 1.54) is 0 Å². The molecule has 0 saturated carbocycles. The third-order valence-electron chi connectivity index (χ3n) is 2.59. The molecule has 5 heteroatoms. The average Bonchev–Trinajstić information content (AvgIpc) is 2.63. The van der Waals surface area contributed by atoms with Crippen molar-refractivity contribution in [3.8, 4) is 11.5 Å². The fraction of sp³-hybridized carbons (Fsp3) is 0.417. The molecule has 0 aromatic carbocycles. The van der Waals surface area contributed by atoms with Crippen LogP contribution in [0.4, 0.5) is 5.82 Å². The summed E-state index contributed by atoms with van der Waals surface area (Å²) in [5.41, 5.74) is 8.76. The second kappa shape index (κ2) is 4.41. The van der Waals surface area contributed by atoms with E-state index < -0.39 is 0 Å². The van der Waals surface area contributed by atoms with E-state index in [1.54, 1.807) is 11.3 Å². The van der Waals surface area contributed by atoms with E-state index in [1.807, 2.05) is 19.2 Å². The maximum absolute atomic E-state index is 5.99. The van der Waals surface area contributed by atoms with Crippen LogP contribution in [0, 0.1) is 13.8 Å². The van der Waals surface area contributed by atoms with Gasteiger partial charge in [0.1, 0.15) is 11.5 Å². The number of thiazole rings is 1. The number of aryl methyl sites for hydroxylation is 2. The van der Waals surface area contributed by atoms with Gasteiger partial charge < -0.3 is 5.73 Å². The van der Waals surface area contributed by atoms with Gasteiger partial charge in [0.05, 0.1) is 5.01 Å². The van der Waals surface area contributed by atoms with Gasteiger partial charge in [0.25, 0.3) is 0 Å². The highest BCUT2D eigenvalue weighted by molar-refractivity contribution is 7.09. The van der Waals surface area contributed by atoms with Crippen molar-refractivity contribution in [1.82, 2.24) is 15.0 Å². The Balaban J connectivity index is 2.52. The van der Waals surface area contributed by atoms with Gasteiger partial charge in [-0.05, 0) is 19.8 Å². The fourth-order valence-corrected chi connectivity index (χ4v) is 2.49. The Labute approximate surface area is 105 Å². The molecule has 4 nitrogen and oxygen atoms in total. The highest BCUT2D eigenvalue weighted by atomic mass is 32.1. The number of rotatable bonds is 2. The molecule has 0 atom stereocenters. The number of anilines is 1. The standard InChI is InChI=1S/C12H16N4S/c1-6(2)10-7(3)14-12(16-11(10)13)9-5-17-8(4)15-9/h5-6H,1-4H3,(H2,13,14,16). The number of nitrogens with zero attached hydrogens (tertiary/aromatic N) is 3. The number of nitrogens with two attached hydrogens (primary N) is 1. The molecule has 0 aliphatic carbocycles. The number of nitrogen functional groups attached to an aromatic ring is 1. The van der Waals surface area contributed by atoms with Crippen molar-refractivity contribution in [1.29, 1.82) is 0 Å². The van der Waals surface area contributed by atoms with E-state index >= 15 is 0 Å². The summed E-state index contributed by atoms with van der Waals surface area (Å²) < 4.78 is 0. The number of hydrogen-bond donors (Lipinski definition) is 1. The zero-order valence-corrected chi connectivity index (χ0v) is 11.3. The molecule has 2 N–H and O–H groups in total. The van der Waals surface area contributed by atoms with Gasteiger partial charge in [-0.1, -0.05) is 13.8 Å². The molecule has 0 radical (unpaired) electrons. The van der Waals surface area contributed by atoms with Crippen LogP contribution in [-0.2, 0) is 0 Å². The molecular weight excluding hydrogens is 232 g/mol. The minimum absolute atomic E-state index is 0.334. The fourth-order valence-electron chi connectivity index (χ4n) is 1.90. The number of aromatic nitrogens is 3. The SMILES string of the molecule is Cc1nc(-c2nc(C)c(C(C)C)c(N)n2)cs1. The van der Waals surface area contributed by atoms with Crippen LogP contribution in [0.15, 0.2) is 5.38 Å². The van der Waals surface area contributed by atoms with Gasteiger partial charge in [0.15, 0.2) is 5.82 Å². The lowest BCUT2D eigenvalue weighted by molar-refractivity contribution is 0.835. The average molecular weight is 248 g/mol. The van der Waals surface area contributed by atoms with Crippen molar-refractivity contribution in [3.63, 3.8) is 0 Å². The first-order chi connectivity index (χ1) is 7.99. The molecule has 0 aliphatic heterocycles. The van der Waals surface area contributed by atoms with Gasteiger partial charge in [-0.3, -0.25) is 0 Å². The Morgan fingerprint density at radius 3 is 2.35 bits per heavy atom. The van der Waals surface area contributed by atoms with Crippen LogP contribution >= 0.6 is 11.3 Å². The van der Waals surface area contributed by atoms with Crippen LogP contribution < -0.4 is 5.73 Å². The van der Waals surface area contributed by atoms with Crippen LogP contribution in [0.25, 0.3) is 11.5 Å². The Morgan fingerprint density at radius 2 is 1.88 bits per heavy atom. The van der Waals surface area contributed by atoms with E-state index in [0.717, 1.165) is 22.0 Å². The molecule has 0 saturated heterocycles. The van der Waals surface area contributed by atoms with E-state index in [0.29, 0.717) is 17.6 Å². The first-order valence-corrected chi connectivity index (χ1v) is 6.43. The normalized spacial score (nSPS) is 11.1. The highest BCUT2D eigenvalue weighted by Crippen LogP contribution is 2.26. The molecular formula is C12H16N4S. The number of hydrogen-bond acceptors (Lipinski definition) is 5. The molecule has 2 rings (SSSR count). The summed E-state index contributed by atoms with van der Waals surface area (Å²) in [7, 11) is 0. The third-order valence-corrected chi connectivity index (χ3v) is 3.36. The van der Waals surface area contributed by atoms with Crippen LogP contribution in [0.5, 0.6) is 0 Å². The van der Waals surface area contributed by atoms with Crippen molar-refractivity contribution < 1.29 is 0 Å². The first kappa shape index (κ1) is 12.0. The summed E-state index contributed by atoms with van der Waals surface area (Å²) in [6.07, 6.45) is 0. The van der Waals surface area contributed by atoms with Crippen LogP contribution in [0.1, 0.15) is 36.0 Å². The smallest absolute Gasteiger partial charge is 0.181 e. The second-order valence-electron chi connectivity index (χ2n) is 4.34. The van der Waals surface area contributed by atoms with Crippen molar-refractivity contribution in [2.24, 2.45) is 0 Å². The van der Waals surface area contributed by atoms with Crippen molar-refractivity contribution >= 4 is 17.2 Å². The van der Waals surface area contributed by atoms with E-state index in [2.05, 4.69) is 28.8 Å². The lowest BCUT2D eigenvalue weighted by Gasteiger charge is -2.12. The minimum Gasteiger partial charge on any atom is -0.383 e. The summed E-state index contributed by atoms with van der Waals surface area (Å²) in [5, 5.41) is 2.96. The van der Waals surface area contributed by atoms with Gasteiger partial charge in [0, 0.05) is 16.6 Å². The molecule has 0 amide bonds. The quantitative estimate of drug-likeness (QED) is 0.887. The molecule has 2 heterocycles. The molecule has 90 valence electrons. The Bertz CT molecular complexity index is 522. The summed E-state index contributed by atoms with van der Waals surface area (Å²) in [6, 6.07) is 0. The Kier molecular flexibility index (Phi) is 3.11. The molecule has 2 aromatic rings. The second-order valence-corrected chi connectivity index (χ2v) is 5.40. The monoisotopic (exact) mass is 248 g/mol. The Hall–Kier alpha value is -1.49. The molecule has 0 bridgehead atoms. The van der Waals surface area contributed by atoms with E-state index in [-0.39, 0.29) is 0 Å². The molecule has 2 aromatic heterocycles. The molecule has 0 unspecified atom stereocenters. The topological polar surface area (TPSA) is 64.7 Å². The zero-order valence-electron chi connectivity index (χ0n) is 10.5. The lowest BCUT2D eigenvalue weighted by Crippen LogP contribution is -2.06. The van der Waals surface area contributed by atoms with Gasteiger partial charge in [-0.25, -0.2) is 15.0 Å². The van der Waals surface area contributed by atoms with Crippen LogP contribution in [0.2, 0.25) is 0 Å². The largest absolute Gasteiger partial charge is 0.383 e. The van der Waals surface area contributed by atoms with Gasteiger partial charge in [-0.15, -0.1) is 11.3 Å². The maximum Gasteiger partial charge on any atom is 0.181 e. The first-order valence-electron chi connectivity index (χ1n) is 5.55. The summed E-state index contributed by atoms with van der Waals surface area (Å²) in [5.74, 6) is 1.52. The van der Waals surface area contributed by atoms with Gasteiger partial charge in [-0.2, -0.15) is 0 Å². The Morgan fingerprint density at radius 1 is 1.18 bits per heavy atom. The molecule has 17 heavy (non-hydrogen) atoms. The predicted molar refractivity (Wildman–Crippen MR) is 71.1 cm³/mol. The molecule has 0 spiro atoms. The van der Waals surface area contributed by atoms with E-state index in [4.69, 9.17) is 5.73 Å². The zero-order chi connectivity index (χ0) is 12.6. The van der Waals surface area contributed by atoms with Gasteiger partial charge >= 0.3 is 0 Å². The van der Waals surface area contributed by atoms with Crippen molar-refractivity contribution in [2.45, 2.75) is 33.6 Å². The van der Waals surface area contributed by atoms with Crippen molar-refractivity contribution in [3.05, 3.63) is 21.6 Å².